The smallest absolute Gasteiger partial charge is 0.185 e. The lowest BCUT2D eigenvalue weighted by Crippen LogP contribution is -2.55. The fourth-order valence-electron chi connectivity index (χ4n) is 2.16. The Bertz CT molecular complexity index is 439. The van der Waals surface area contributed by atoms with Gasteiger partial charge in [0.15, 0.2) is 16.6 Å². The Labute approximate surface area is 135 Å². The summed E-state index contributed by atoms with van der Waals surface area (Å²) in [6, 6.07) is 0. The van der Waals surface area contributed by atoms with Crippen molar-refractivity contribution >= 4 is 24.7 Å². The van der Waals surface area contributed by atoms with Crippen molar-refractivity contribution in [3.63, 3.8) is 0 Å². The molecule has 0 heterocycles. The van der Waals surface area contributed by atoms with Gasteiger partial charge in [-0.1, -0.05) is 31.5 Å². The molecule has 0 saturated heterocycles. The first-order chi connectivity index (χ1) is 9.08. The molecule has 1 unspecified atom stereocenters. The molecular weight excluding hydrogens is 308 g/mol. The van der Waals surface area contributed by atoms with Crippen molar-refractivity contribution in [2.75, 3.05) is 0 Å². The van der Waals surface area contributed by atoms with E-state index in [0.717, 1.165) is 12.8 Å². The Balaban J connectivity index is 3.02. The number of hydrogen-bond acceptors (Lipinski definition) is 2. The second-order valence-corrected chi connectivity index (χ2v) is 23.8. The number of rotatable bonds is 5. The first-order valence-electron chi connectivity index (χ1n) is 8.02. The molecule has 0 aromatic rings. The average molecular weight is 343 g/mol. The van der Waals surface area contributed by atoms with Gasteiger partial charge in [0.05, 0.1) is 8.07 Å². The maximum absolute atomic E-state index is 6.53. The van der Waals surface area contributed by atoms with Gasteiger partial charge >= 0.3 is 0 Å². The van der Waals surface area contributed by atoms with E-state index in [2.05, 4.69) is 77.7 Å². The van der Waals surface area contributed by atoms with E-state index in [1.54, 1.807) is 0 Å². The molecule has 21 heavy (non-hydrogen) atoms. The van der Waals surface area contributed by atoms with Gasteiger partial charge in [-0.05, 0) is 59.0 Å². The van der Waals surface area contributed by atoms with Gasteiger partial charge in [-0.15, -0.1) is 0 Å². The molecule has 0 aliphatic heterocycles. The van der Waals surface area contributed by atoms with Crippen LogP contribution in [0.25, 0.3) is 0 Å². The summed E-state index contributed by atoms with van der Waals surface area (Å²) < 4.78 is 12.8. The molecule has 1 aliphatic carbocycles. The quantitative estimate of drug-likeness (QED) is 0.524. The maximum Gasteiger partial charge on any atom is 0.185 e. The van der Waals surface area contributed by atoms with Crippen LogP contribution in [0.1, 0.15) is 19.8 Å². The van der Waals surface area contributed by atoms with Crippen LogP contribution >= 0.6 is 0 Å². The second-order valence-electron chi connectivity index (χ2n) is 9.46. The first kappa shape index (κ1) is 19.2. The van der Waals surface area contributed by atoms with E-state index < -0.39 is 24.7 Å². The third-order valence-electron chi connectivity index (χ3n) is 3.68. The lowest BCUT2D eigenvalue weighted by Gasteiger charge is -2.41. The van der Waals surface area contributed by atoms with Crippen LogP contribution in [0.5, 0.6) is 0 Å². The minimum Gasteiger partial charge on any atom is -0.405 e. The molecule has 0 aromatic heterocycles. The molecule has 0 aromatic carbocycles. The molecular formula is C16H34O2Si3. The lowest BCUT2D eigenvalue weighted by molar-refractivity contribution is 0.211. The van der Waals surface area contributed by atoms with Gasteiger partial charge in [0.2, 0.25) is 0 Å². The topological polar surface area (TPSA) is 18.5 Å². The summed E-state index contributed by atoms with van der Waals surface area (Å²) in [5, 5.41) is -0.282. The van der Waals surface area contributed by atoms with Crippen LogP contribution in [0.3, 0.4) is 0 Å². The standard InChI is InChI=1S/C16H34O2Si3/c1-15(19(2,3)4,17-20(5,6)7)11-12-16(13-14-16)18-21(8,9)10/h13-14H2,1-10H3. The molecule has 0 bridgehead atoms. The van der Waals surface area contributed by atoms with Crippen LogP contribution in [0, 0.1) is 11.8 Å². The van der Waals surface area contributed by atoms with Crippen molar-refractivity contribution < 1.29 is 8.85 Å². The van der Waals surface area contributed by atoms with Crippen molar-refractivity contribution in [1.29, 1.82) is 0 Å². The van der Waals surface area contributed by atoms with Crippen LogP contribution in [0.2, 0.25) is 58.9 Å². The molecule has 1 aliphatic rings. The fraction of sp³-hybridized carbons (Fsp3) is 0.875. The third-order valence-corrected chi connectivity index (χ3v) is 8.99. The van der Waals surface area contributed by atoms with Crippen molar-refractivity contribution in [3.05, 3.63) is 0 Å². The summed E-state index contributed by atoms with van der Waals surface area (Å²) in [5.74, 6) is 7.03. The van der Waals surface area contributed by atoms with E-state index in [4.69, 9.17) is 8.85 Å². The van der Waals surface area contributed by atoms with E-state index in [1.165, 1.54) is 0 Å². The molecule has 0 N–H and O–H groups in total. The van der Waals surface area contributed by atoms with Crippen molar-refractivity contribution in [2.45, 2.75) is 89.5 Å². The highest BCUT2D eigenvalue weighted by Crippen LogP contribution is 2.42. The van der Waals surface area contributed by atoms with E-state index >= 15 is 0 Å². The molecule has 0 radical (unpaired) electrons. The van der Waals surface area contributed by atoms with Crippen LogP contribution in [0.15, 0.2) is 0 Å². The Morgan fingerprint density at radius 3 is 1.62 bits per heavy atom. The van der Waals surface area contributed by atoms with Gasteiger partial charge in [0.25, 0.3) is 0 Å². The monoisotopic (exact) mass is 342 g/mol. The summed E-state index contributed by atoms with van der Waals surface area (Å²) in [6.07, 6.45) is 2.16. The average Bonchev–Trinajstić information content (AvgIpc) is 2.88. The zero-order chi connectivity index (χ0) is 16.7. The van der Waals surface area contributed by atoms with E-state index in [1.807, 2.05) is 0 Å². The molecule has 2 nitrogen and oxygen atoms in total. The van der Waals surface area contributed by atoms with Crippen LogP contribution < -0.4 is 0 Å². The molecule has 1 saturated carbocycles. The van der Waals surface area contributed by atoms with E-state index in [-0.39, 0.29) is 10.8 Å². The third kappa shape index (κ3) is 6.03. The fourth-order valence-corrected chi connectivity index (χ4v) is 7.45. The Morgan fingerprint density at radius 1 is 0.857 bits per heavy atom. The Morgan fingerprint density at radius 2 is 1.33 bits per heavy atom. The van der Waals surface area contributed by atoms with Crippen LogP contribution in [0.4, 0.5) is 0 Å². The molecule has 122 valence electrons. The molecule has 0 spiro atoms. The van der Waals surface area contributed by atoms with Gasteiger partial charge < -0.3 is 8.85 Å². The van der Waals surface area contributed by atoms with E-state index in [9.17, 15) is 0 Å². The SMILES string of the molecule is CC(C#CC1(O[Si](C)(C)C)CC1)(O[Si](C)(C)C)[Si](C)(C)C. The highest BCUT2D eigenvalue weighted by Gasteiger charge is 2.47. The van der Waals surface area contributed by atoms with Gasteiger partial charge in [-0.3, -0.25) is 0 Å². The van der Waals surface area contributed by atoms with Crippen molar-refractivity contribution in [1.82, 2.24) is 0 Å². The lowest BCUT2D eigenvalue weighted by atomic mass is 10.3. The molecule has 1 rings (SSSR count). The predicted molar refractivity (Wildman–Crippen MR) is 100 cm³/mol. The Kier molecular flexibility index (Phi) is 5.15. The van der Waals surface area contributed by atoms with Crippen molar-refractivity contribution in [2.24, 2.45) is 0 Å². The summed E-state index contributed by atoms with van der Waals surface area (Å²) >= 11 is 0. The normalized spacial score (nSPS) is 21.2. The van der Waals surface area contributed by atoms with Crippen LogP contribution in [-0.4, -0.2) is 35.5 Å². The Hall–Kier alpha value is 0.131. The van der Waals surface area contributed by atoms with E-state index in [0.29, 0.717) is 0 Å². The number of hydrogen-bond donors (Lipinski definition) is 0. The zero-order valence-electron chi connectivity index (χ0n) is 15.7. The molecule has 1 fully saturated rings. The van der Waals surface area contributed by atoms with Crippen LogP contribution in [-0.2, 0) is 8.85 Å². The largest absolute Gasteiger partial charge is 0.405 e. The summed E-state index contributed by atoms with van der Waals surface area (Å²) in [4.78, 5) is 0. The summed E-state index contributed by atoms with van der Waals surface area (Å²) in [5.41, 5.74) is -0.159. The predicted octanol–water partition coefficient (Wildman–Crippen LogP) is 4.86. The van der Waals surface area contributed by atoms with Gasteiger partial charge in [0, 0.05) is 0 Å². The molecule has 0 amide bonds. The highest BCUT2D eigenvalue weighted by molar-refractivity contribution is 6.81. The minimum absolute atomic E-state index is 0.159. The summed E-state index contributed by atoms with van der Waals surface area (Å²) in [6.45, 7) is 22.7. The van der Waals surface area contributed by atoms with Crippen molar-refractivity contribution in [3.8, 4) is 11.8 Å². The molecule has 5 heteroatoms. The highest BCUT2D eigenvalue weighted by atomic mass is 28.4. The maximum atomic E-state index is 6.53. The summed E-state index contributed by atoms with van der Waals surface area (Å²) in [7, 11) is -4.72. The second kappa shape index (κ2) is 5.64. The molecule has 1 atom stereocenters. The van der Waals surface area contributed by atoms with Gasteiger partial charge in [-0.25, -0.2) is 0 Å². The zero-order valence-corrected chi connectivity index (χ0v) is 18.7. The van der Waals surface area contributed by atoms with Gasteiger partial charge in [0.1, 0.15) is 10.8 Å². The first-order valence-corrected chi connectivity index (χ1v) is 18.3. The minimum atomic E-state index is -1.63. The van der Waals surface area contributed by atoms with Gasteiger partial charge in [-0.2, -0.15) is 0 Å².